The van der Waals surface area contributed by atoms with E-state index >= 15 is 0 Å². The number of ether oxygens (including phenoxy) is 1. The Balaban J connectivity index is 1.30. The van der Waals surface area contributed by atoms with Gasteiger partial charge in [0.25, 0.3) is 5.56 Å². The molecule has 2 aromatic heterocycles. The van der Waals surface area contributed by atoms with Crippen LogP contribution in [-0.4, -0.2) is 37.4 Å². The summed E-state index contributed by atoms with van der Waals surface area (Å²) in [6.07, 6.45) is 7.47. The Kier molecular flexibility index (Phi) is 6.48. The predicted molar refractivity (Wildman–Crippen MR) is 140 cm³/mol. The Bertz CT molecular complexity index is 1360. The molecule has 0 amide bonds. The summed E-state index contributed by atoms with van der Waals surface area (Å²) in [6, 6.07) is 20.0. The normalized spacial score (nSPS) is 18.1. The van der Waals surface area contributed by atoms with Crippen LogP contribution in [0.25, 0.3) is 16.6 Å². The van der Waals surface area contributed by atoms with Gasteiger partial charge in [0.05, 0.1) is 18.3 Å². The number of benzene rings is 2. The molecule has 35 heavy (non-hydrogen) atoms. The number of pyridine rings is 1. The zero-order valence-corrected chi connectivity index (χ0v) is 20.9. The third-order valence-corrected chi connectivity index (χ3v) is 7.32. The third kappa shape index (κ3) is 5.03. The van der Waals surface area contributed by atoms with Crippen LogP contribution in [0.15, 0.2) is 77.9 Å². The number of hydrogen-bond donors (Lipinski definition) is 0. The maximum atomic E-state index is 12.8. The lowest BCUT2D eigenvalue weighted by Crippen LogP contribution is -2.53. The van der Waals surface area contributed by atoms with Crippen molar-refractivity contribution in [2.45, 2.75) is 64.8 Å². The molecule has 4 aromatic rings. The number of nitrogens with zero attached hydrogens (tertiary/aromatic N) is 4. The topological polar surface area (TPSA) is 52.3 Å². The van der Waals surface area contributed by atoms with Gasteiger partial charge in [-0.25, -0.2) is 0 Å². The summed E-state index contributed by atoms with van der Waals surface area (Å²) >= 11 is 0. The van der Waals surface area contributed by atoms with Crippen LogP contribution in [0.2, 0.25) is 0 Å². The van der Waals surface area contributed by atoms with Gasteiger partial charge in [-0.1, -0.05) is 36.8 Å². The van der Waals surface area contributed by atoms with Crippen LogP contribution < -0.4 is 10.3 Å². The number of likely N-dealkylation sites (tertiary alicyclic amines) is 1. The zero-order valence-electron chi connectivity index (χ0n) is 20.9. The molecule has 1 atom stereocenters. The Hall–Kier alpha value is -3.38. The Morgan fingerprint density at radius 1 is 1.06 bits per heavy atom. The highest BCUT2D eigenvalue weighted by atomic mass is 16.5. The molecule has 0 saturated carbocycles. The average Bonchev–Trinajstić information content (AvgIpc) is 3.25. The minimum absolute atomic E-state index is 0.122. The van der Waals surface area contributed by atoms with Gasteiger partial charge in [-0.3, -0.25) is 18.9 Å². The number of fused-ring (bicyclic) bond motifs is 1. The molecule has 1 aliphatic rings. The fourth-order valence-electron chi connectivity index (χ4n) is 5.36. The molecule has 0 spiro atoms. The summed E-state index contributed by atoms with van der Waals surface area (Å²) in [5.74, 6) is 0.568. The molecule has 0 aliphatic carbocycles. The summed E-state index contributed by atoms with van der Waals surface area (Å²) < 4.78 is 9.53. The van der Waals surface area contributed by atoms with Crippen molar-refractivity contribution in [1.29, 1.82) is 0 Å². The molecule has 6 nitrogen and oxygen atoms in total. The fraction of sp³-hybridized carbons (Fsp3) is 0.379. The molecule has 0 radical (unpaired) electrons. The minimum atomic E-state index is -0.122. The van der Waals surface area contributed by atoms with Gasteiger partial charge in [0, 0.05) is 41.5 Å². The van der Waals surface area contributed by atoms with E-state index in [1.165, 1.54) is 25.3 Å². The van der Waals surface area contributed by atoms with Gasteiger partial charge in [0.15, 0.2) is 0 Å². The van der Waals surface area contributed by atoms with Crippen molar-refractivity contribution in [3.63, 3.8) is 0 Å². The van der Waals surface area contributed by atoms with E-state index in [2.05, 4.69) is 41.5 Å². The summed E-state index contributed by atoms with van der Waals surface area (Å²) in [4.78, 5) is 15.4. The monoisotopic (exact) mass is 470 g/mol. The molecule has 2 aromatic carbocycles. The van der Waals surface area contributed by atoms with E-state index in [1.54, 1.807) is 10.8 Å². The Labute approximate surface area is 206 Å². The van der Waals surface area contributed by atoms with Crippen LogP contribution in [0.5, 0.6) is 5.75 Å². The van der Waals surface area contributed by atoms with E-state index in [4.69, 9.17) is 4.74 Å². The smallest absolute Gasteiger partial charge is 0.258 e. The van der Waals surface area contributed by atoms with Gasteiger partial charge in [-0.05, 0) is 63.4 Å². The van der Waals surface area contributed by atoms with E-state index < -0.39 is 0 Å². The second-order valence-electron chi connectivity index (χ2n) is 10.2. The fourth-order valence-corrected chi connectivity index (χ4v) is 5.36. The van der Waals surface area contributed by atoms with Crippen molar-refractivity contribution < 1.29 is 4.74 Å². The van der Waals surface area contributed by atoms with Gasteiger partial charge in [-0.2, -0.15) is 5.10 Å². The molecule has 182 valence electrons. The third-order valence-electron chi connectivity index (χ3n) is 7.32. The quantitative estimate of drug-likeness (QED) is 0.362. The number of hydrogen-bond acceptors (Lipinski definition) is 4. The standard InChI is InChI=1S/C29H34N4O2/c1-22-8-7-14-29(2,3)32(22)16-17-33-27-12-11-25(18-24(27)20-30-33)31-15-13-26(19-28(31)34)35-21-23-9-5-4-6-10-23/h4-6,9-13,15,18-20,22H,7-8,14,16-17,21H2,1-3H3. The van der Waals surface area contributed by atoms with Crippen molar-refractivity contribution in [3.05, 3.63) is 89.0 Å². The predicted octanol–water partition coefficient (Wildman–Crippen LogP) is 5.42. The zero-order chi connectivity index (χ0) is 24.4. The van der Waals surface area contributed by atoms with Crippen LogP contribution in [-0.2, 0) is 13.2 Å². The van der Waals surface area contributed by atoms with Crippen molar-refractivity contribution >= 4 is 10.9 Å². The van der Waals surface area contributed by atoms with Gasteiger partial charge in [0.1, 0.15) is 12.4 Å². The molecular formula is C29H34N4O2. The highest BCUT2D eigenvalue weighted by molar-refractivity contribution is 5.80. The first kappa shape index (κ1) is 23.4. The summed E-state index contributed by atoms with van der Waals surface area (Å²) in [5.41, 5.74) is 3.09. The molecule has 0 N–H and O–H groups in total. The van der Waals surface area contributed by atoms with Crippen LogP contribution in [0.4, 0.5) is 0 Å². The molecule has 6 heteroatoms. The lowest BCUT2D eigenvalue weighted by Gasteiger charge is -2.46. The second-order valence-corrected chi connectivity index (χ2v) is 10.2. The number of piperidine rings is 1. The van der Waals surface area contributed by atoms with E-state index in [-0.39, 0.29) is 11.1 Å². The van der Waals surface area contributed by atoms with Crippen LogP contribution in [0.1, 0.15) is 45.6 Å². The van der Waals surface area contributed by atoms with E-state index in [1.807, 2.05) is 54.7 Å². The summed E-state index contributed by atoms with van der Waals surface area (Å²) in [6.45, 7) is 9.31. The van der Waals surface area contributed by atoms with Crippen molar-refractivity contribution in [2.24, 2.45) is 0 Å². The minimum Gasteiger partial charge on any atom is -0.489 e. The molecule has 1 saturated heterocycles. The van der Waals surface area contributed by atoms with E-state index in [0.29, 0.717) is 18.4 Å². The molecule has 1 unspecified atom stereocenters. The average molecular weight is 471 g/mol. The maximum absolute atomic E-state index is 12.8. The number of rotatable bonds is 7. The second kappa shape index (κ2) is 9.70. The first-order valence-electron chi connectivity index (χ1n) is 12.5. The van der Waals surface area contributed by atoms with Crippen LogP contribution in [0, 0.1) is 0 Å². The highest BCUT2D eigenvalue weighted by Gasteiger charge is 2.33. The van der Waals surface area contributed by atoms with E-state index in [9.17, 15) is 4.79 Å². The molecule has 5 rings (SSSR count). The molecular weight excluding hydrogens is 436 g/mol. The van der Waals surface area contributed by atoms with Crippen molar-refractivity contribution in [3.8, 4) is 11.4 Å². The van der Waals surface area contributed by atoms with Gasteiger partial charge in [0.2, 0.25) is 0 Å². The lowest BCUT2D eigenvalue weighted by molar-refractivity contribution is 0.0282. The highest BCUT2D eigenvalue weighted by Crippen LogP contribution is 2.31. The largest absolute Gasteiger partial charge is 0.489 e. The molecule has 1 aliphatic heterocycles. The van der Waals surface area contributed by atoms with Gasteiger partial charge < -0.3 is 4.74 Å². The Morgan fingerprint density at radius 2 is 1.89 bits per heavy atom. The molecule has 1 fully saturated rings. The van der Waals surface area contributed by atoms with Crippen LogP contribution in [0.3, 0.4) is 0 Å². The van der Waals surface area contributed by atoms with Gasteiger partial charge in [-0.15, -0.1) is 0 Å². The number of aromatic nitrogens is 3. The molecule has 3 heterocycles. The first-order chi connectivity index (χ1) is 16.9. The SMILES string of the molecule is CC1CCCC(C)(C)N1CCn1ncc2cc(-n3ccc(OCc4ccccc4)cc3=O)ccc21. The van der Waals surface area contributed by atoms with Gasteiger partial charge >= 0.3 is 0 Å². The Morgan fingerprint density at radius 3 is 2.66 bits per heavy atom. The lowest BCUT2D eigenvalue weighted by atomic mass is 9.87. The maximum Gasteiger partial charge on any atom is 0.258 e. The first-order valence-corrected chi connectivity index (χ1v) is 12.5. The summed E-state index contributed by atoms with van der Waals surface area (Å²) in [5, 5.41) is 5.69. The van der Waals surface area contributed by atoms with E-state index in [0.717, 1.165) is 35.2 Å². The van der Waals surface area contributed by atoms with Crippen molar-refractivity contribution in [2.75, 3.05) is 6.54 Å². The van der Waals surface area contributed by atoms with Crippen LogP contribution >= 0.6 is 0 Å². The molecule has 0 bridgehead atoms. The van der Waals surface area contributed by atoms with Crippen molar-refractivity contribution in [1.82, 2.24) is 19.2 Å². The summed E-state index contributed by atoms with van der Waals surface area (Å²) in [7, 11) is 0.